The fourth-order valence-corrected chi connectivity index (χ4v) is 2.75. The summed E-state index contributed by atoms with van der Waals surface area (Å²) < 4.78 is 7.40. The molecule has 0 aliphatic rings. The molecular weight excluding hydrogens is 298 g/mol. The van der Waals surface area contributed by atoms with Crippen molar-refractivity contribution >= 4 is 0 Å². The van der Waals surface area contributed by atoms with E-state index in [1.807, 2.05) is 42.8 Å². The number of aromatic nitrogens is 3. The van der Waals surface area contributed by atoms with Crippen LogP contribution in [0.25, 0.3) is 28.4 Å². The van der Waals surface area contributed by atoms with Crippen LogP contribution in [0.3, 0.4) is 0 Å². The van der Waals surface area contributed by atoms with E-state index in [1.54, 1.807) is 6.20 Å². The molecule has 2 heterocycles. The molecule has 24 heavy (non-hydrogen) atoms. The first kappa shape index (κ1) is 14.5. The molecule has 2 aromatic carbocycles. The molecule has 0 saturated carbocycles. The number of aryl methyl sites for hydroxylation is 1. The van der Waals surface area contributed by atoms with Gasteiger partial charge >= 0.3 is 0 Å². The maximum absolute atomic E-state index is 5.47. The Morgan fingerprint density at radius 1 is 0.833 bits per heavy atom. The molecular formula is C20H17N3O. The van der Waals surface area contributed by atoms with Crippen LogP contribution in [0.5, 0.6) is 0 Å². The van der Waals surface area contributed by atoms with Crippen molar-refractivity contribution in [1.29, 1.82) is 0 Å². The molecule has 0 saturated heterocycles. The first-order chi connectivity index (χ1) is 11.7. The van der Waals surface area contributed by atoms with Gasteiger partial charge in [0.1, 0.15) is 5.82 Å². The van der Waals surface area contributed by atoms with Gasteiger partial charge in [0.05, 0.1) is 5.69 Å². The monoisotopic (exact) mass is 315 g/mol. The highest BCUT2D eigenvalue weighted by Gasteiger charge is 2.15. The summed E-state index contributed by atoms with van der Waals surface area (Å²) in [5.74, 6) is 1.56. The van der Waals surface area contributed by atoms with Gasteiger partial charge in [-0.1, -0.05) is 59.8 Å². The molecule has 0 aliphatic carbocycles. The first-order valence-corrected chi connectivity index (χ1v) is 7.86. The van der Waals surface area contributed by atoms with E-state index in [9.17, 15) is 0 Å². The van der Waals surface area contributed by atoms with Crippen LogP contribution in [0.1, 0.15) is 11.3 Å². The van der Waals surface area contributed by atoms with E-state index in [0.717, 1.165) is 22.6 Å². The summed E-state index contributed by atoms with van der Waals surface area (Å²) in [6.07, 6.45) is 3.67. The molecule has 0 aliphatic heterocycles. The molecule has 0 bridgehead atoms. The van der Waals surface area contributed by atoms with E-state index in [4.69, 9.17) is 4.52 Å². The Labute approximate surface area is 140 Å². The van der Waals surface area contributed by atoms with Crippen molar-refractivity contribution < 1.29 is 4.52 Å². The van der Waals surface area contributed by atoms with Crippen LogP contribution in [0.15, 0.2) is 71.5 Å². The fourth-order valence-electron chi connectivity index (χ4n) is 2.75. The lowest BCUT2D eigenvalue weighted by molar-refractivity contribution is 0.402. The normalized spacial score (nSPS) is 10.9. The zero-order valence-corrected chi connectivity index (χ0v) is 13.6. The molecule has 0 unspecified atom stereocenters. The van der Waals surface area contributed by atoms with E-state index in [2.05, 4.69) is 46.5 Å². The highest BCUT2D eigenvalue weighted by atomic mass is 16.5. The highest BCUT2D eigenvalue weighted by Crippen LogP contribution is 2.27. The Hall–Kier alpha value is -3.14. The van der Waals surface area contributed by atoms with Crippen LogP contribution in [0.2, 0.25) is 0 Å². The number of nitrogens with zero attached hydrogens (tertiary/aromatic N) is 3. The van der Waals surface area contributed by atoms with Gasteiger partial charge in [-0.25, -0.2) is 4.98 Å². The molecule has 0 fully saturated rings. The van der Waals surface area contributed by atoms with Crippen molar-refractivity contribution in [3.8, 4) is 28.4 Å². The fraction of sp³-hybridized carbons (Fsp3) is 0.100. The summed E-state index contributed by atoms with van der Waals surface area (Å²) in [6, 6.07) is 18.7. The average Bonchev–Trinajstić information content (AvgIpc) is 3.23. The molecule has 118 valence electrons. The average molecular weight is 315 g/mol. The van der Waals surface area contributed by atoms with E-state index in [1.165, 1.54) is 11.1 Å². The molecule has 4 heteroatoms. The minimum Gasteiger partial charge on any atom is -0.337 e. The topological polar surface area (TPSA) is 43.9 Å². The molecule has 0 radical (unpaired) electrons. The SMILES string of the molecule is Cc1noc(-n2ccnc2-c2ccc(-c3ccccc3)cc2)c1C. The lowest BCUT2D eigenvalue weighted by Gasteiger charge is -2.07. The van der Waals surface area contributed by atoms with Gasteiger partial charge in [0.2, 0.25) is 5.88 Å². The Kier molecular flexibility index (Phi) is 3.50. The largest absolute Gasteiger partial charge is 0.337 e. The summed E-state index contributed by atoms with van der Waals surface area (Å²) in [7, 11) is 0. The van der Waals surface area contributed by atoms with Crippen molar-refractivity contribution in [2.24, 2.45) is 0 Å². The minimum absolute atomic E-state index is 0.715. The molecule has 4 rings (SSSR count). The second kappa shape index (κ2) is 5.81. The molecule has 0 N–H and O–H groups in total. The third-order valence-corrected chi connectivity index (χ3v) is 4.24. The maximum Gasteiger partial charge on any atom is 0.240 e. The van der Waals surface area contributed by atoms with Gasteiger partial charge in [0, 0.05) is 23.5 Å². The van der Waals surface area contributed by atoms with Gasteiger partial charge in [-0.2, -0.15) is 0 Å². The van der Waals surface area contributed by atoms with Gasteiger partial charge in [0.25, 0.3) is 0 Å². The summed E-state index contributed by atoms with van der Waals surface area (Å²) in [4.78, 5) is 4.49. The molecule has 4 nitrogen and oxygen atoms in total. The quantitative estimate of drug-likeness (QED) is 0.545. The second-order valence-corrected chi connectivity index (χ2v) is 5.76. The Morgan fingerprint density at radius 3 is 2.17 bits per heavy atom. The summed E-state index contributed by atoms with van der Waals surface area (Å²) >= 11 is 0. The third-order valence-electron chi connectivity index (χ3n) is 4.24. The molecule has 0 spiro atoms. The van der Waals surface area contributed by atoms with Crippen molar-refractivity contribution in [3.05, 3.63) is 78.2 Å². The number of hydrogen-bond acceptors (Lipinski definition) is 3. The zero-order chi connectivity index (χ0) is 16.5. The standard InChI is InChI=1S/C20H17N3O/c1-14-15(2)22-24-20(14)23-13-12-21-19(23)18-10-8-17(9-11-18)16-6-4-3-5-7-16/h3-13H,1-2H3. The van der Waals surface area contributed by atoms with E-state index in [0.29, 0.717) is 5.88 Å². The summed E-state index contributed by atoms with van der Waals surface area (Å²) in [5.41, 5.74) is 5.34. The van der Waals surface area contributed by atoms with E-state index >= 15 is 0 Å². The van der Waals surface area contributed by atoms with Crippen LogP contribution >= 0.6 is 0 Å². The first-order valence-electron chi connectivity index (χ1n) is 7.86. The van der Waals surface area contributed by atoms with Crippen molar-refractivity contribution in [2.45, 2.75) is 13.8 Å². The lowest BCUT2D eigenvalue weighted by Crippen LogP contribution is -1.96. The number of imidazole rings is 1. The predicted octanol–water partition coefficient (Wildman–Crippen LogP) is 4.81. The van der Waals surface area contributed by atoms with Gasteiger partial charge in [0.15, 0.2) is 0 Å². The Bertz CT molecular complexity index is 966. The van der Waals surface area contributed by atoms with Gasteiger partial charge in [-0.05, 0) is 25.0 Å². The van der Waals surface area contributed by atoms with E-state index < -0.39 is 0 Å². The van der Waals surface area contributed by atoms with Gasteiger partial charge in [-0.15, -0.1) is 0 Å². The third kappa shape index (κ3) is 2.42. The van der Waals surface area contributed by atoms with Crippen molar-refractivity contribution in [1.82, 2.24) is 14.7 Å². The van der Waals surface area contributed by atoms with Crippen LogP contribution in [-0.4, -0.2) is 14.7 Å². The van der Waals surface area contributed by atoms with Crippen LogP contribution in [0, 0.1) is 13.8 Å². The van der Waals surface area contributed by atoms with Crippen molar-refractivity contribution in [3.63, 3.8) is 0 Å². The van der Waals surface area contributed by atoms with Gasteiger partial charge < -0.3 is 4.52 Å². The second-order valence-electron chi connectivity index (χ2n) is 5.76. The Morgan fingerprint density at radius 2 is 1.50 bits per heavy atom. The van der Waals surface area contributed by atoms with Crippen molar-refractivity contribution in [2.75, 3.05) is 0 Å². The number of hydrogen-bond donors (Lipinski definition) is 0. The van der Waals surface area contributed by atoms with Crippen LogP contribution < -0.4 is 0 Å². The smallest absolute Gasteiger partial charge is 0.240 e. The predicted molar refractivity (Wildman–Crippen MR) is 94.0 cm³/mol. The minimum atomic E-state index is 0.715. The lowest BCUT2D eigenvalue weighted by atomic mass is 10.0. The van der Waals surface area contributed by atoms with Crippen LogP contribution in [-0.2, 0) is 0 Å². The van der Waals surface area contributed by atoms with E-state index in [-0.39, 0.29) is 0 Å². The Balaban J connectivity index is 1.73. The maximum atomic E-state index is 5.47. The zero-order valence-electron chi connectivity index (χ0n) is 13.6. The van der Waals surface area contributed by atoms with Crippen LogP contribution in [0.4, 0.5) is 0 Å². The molecule has 0 atom stereocenters. The molecule has 0 amide bonds. The summed E-state index contributed by atoms with van der Waals surface area (Å²) in [5, 5.41) is 4.04. The number of benzene rings is 2. The molecule has 4 aromatic rings. The molecule has 2 aromatic heterocycles. The highest BCUT2D eigenvalue weighted by molar-refractivity contribution is 5.68. The van der Waals surface area contributed by atoms with Gasteiger partial charge in [-0.3, -0.25) is 4.57 Å². The number of rotatable bonds is 3. The summed E-state index contributed by atoms with van der Waals surface area (Å²) in [6.45, 7) is 3.94.